The number of nitriles is 1. The lowest BCUT2D eigenvalue weighted by Crippen LogP contribution is -2.28. The maximum atomic E-state index is 9.50. The maximum absolute atomic E-state index is 9.50. The minimum Gasteiger partial charge on any atom is -0.507 e. The van der Waals surface area contributed by atoms with E-state index < -0.39 is 5.54 Å². The summed E-state index contributed by atoms with van der Waals surface area (Å²) in [5, 5.41) is 27.4. The number of hydrogen-bond acceptors (Lipinski definition) is 4. The van der Waals surface area contributed by atoms with Crippen LogP contribution in [0.25, 0.3) is 0 Å². The highest BCUT2D eigenvalue weighted by Crippen LogP contribution is 2.32. The zero-order valence-corrected chi connectivity index (χ0v) is 8.07. The highest BCUT2D eigenvalue weighted by molar-refractivity contribution is 5.52. The van der Waals surface area contributed by atoms with E-state index in [1.54, 1.807) is 13.8 Å². The van der Waals surface area contributed by atoms with Crippen LogP contribution in [-0.4, -0.2) is 10.2 Å². The van der Waals surface area contributed by atoms with Gasteiger partial charge in [0.05, 0.1) is 5.56 Å². The van der Waals surface area contributed by atoms with E-state index in [2.05, 4.69) is 0 Å². The molecule has 1 rings (SSSR count). The third-order valence-electron chi connectivity index (χ3n) is 1.93. The topological polar surface area (TPSA) is 90.3 Å². The number of nitrogens with two attached hydrogens (primary N) is 1. The van der Waals surface area contributed by atoms with Crippen LogP contribution in [0, 0.1) is 11.3 Å². The molecule has 0 saturated heterocycles. The van der Waals surface area contributed by atoms with Gasteiger partial charge in [-0.2, -0.15) is 5.26 Å². The highest BCUT2D eigenvalue weighted by Gasteiger charge is 2.20. The Morgan fingerprint density at radius 2 is 1.86 bits per heavy atom. The number of nitrogens with zero attached hydrogens (tertiary/aromatic N) is 1. The molecule has 1 aromatic carbocycles. The Labute approximate surface area is 82.2 Å². The van der Waals surface area contributed by atoms with Gasteiger partial charge >= 0.3 is 0 Å². The average Bonchev–Trinajstić information content (AvgIpc) is 2.02. The molecule has 0 aliphatic carbocycles. The summed E-state index contributed by atoms with van der Waals surface area (Å²) in [4.78, 5) is 0. The second kappa shape index (κ2) is 3.20. The molecule has 0 fully saturated rings. The Hall–Kier alpha value is -1.73. The lowest BCUT2D eigenvalue weighted by Gasteiger charge is -2.20. The minimum atomic E-state index is -0.747. The molecular formula is C10H12N2O2. The van der Waals surface area contributed by atoms with Crippen molar-refractivity contribution in [1.82, 2.24) is 0 Å². The zero-order valence-electron chi connectivity index (χ0n) is 8.07. The fourth-order valence-electron chi connectivity index (χ4n) is 1.18. The predicted molar refractivity (Wildman–Crippen MR) is 51.7 cm³/mol. The summed E-state index contributed by atoms with van der Waals surface area (Å²) in [6.45, 7) is 3.42. The monoisotopic (exact) mass is 192 g/mol. The zero-order chi connectivity index (χ0) is 10.9. The molecule has 14 heavy (non-hydrogen) atoms. The van der Waals surface area contributed by atoms with Crippen LogP contribution in [0.15, 0.2) is 12.1 Å². The van der Waals surface area contributed by atoms with Crippen LogP contribution in [0.1, 0.15) is 25.0 Å². The fraction of sp³-hybridized carbons (Fsp3) is 0.300. The van der Waals surface area contributed by atoms with E-state index in [0.717, 1.165) is 6.07 Å². The van der Waals surface area contributed by atoms with E-state index in [4.69, 9.17) is 11.0 Å². The van der Waals surface area contributed by atoms with Crippen LogP contribution >= 0.6 is 0 Å². The van der Waals surface area contributed by atoms with Crippen LogP contribution in [0.5, 0.6) is 11.5 Å². The van der Waals surface area contributed by atoms with Crippen LogP contribution in [0.3, 0.4) is 0 Å². The molecule has 0 heterocycles. The van der Waals surface area contributed by atoms with Crippen LogP contribution in [0.4, 0.5) is 0 Å². The first-order chi connectivity index (χ1) is 6.36. The molecule has 0 radical (unpaired) electrons. The molecule has 4 nitrogen and oxygen atoms in total. The van der Waals surface area contributed by atoms with Crippen molar-refractivity contribution >= 4 is 0 Å². The van der Waals surface area contributed by atoms with E-state index in [0.29, 0.717) is 5.56 Å². The summed E-state index contributed by atoms with van der Waals surface area (Å²) >= 11 is 0. The molecular weight excluding hydrogens is 180 g/mol. The molecule has 0 unspecified atom stereocenters. The number of phenols is 2. The molecule has 4 N–H and O–H groups in total. The van der Waals surface area contributed by atoms with Gasteiger partial charge in [-0.1, -0.05) is 0 Å². The summed E-state index contributed by atoms with van der Waals surface area (Å²) in [7, 11) is 0. The first-order valence-electron chi connectivity index (χ1n) is 4.11. The fourth-order valence-corrected chi connectivity index (χ4v) is 1.18. The largest absolute Gasteiger partial charge is 0.507 e. The average molecular weight is 192 g/mol. The normalized spacial score (nSPS) is 11.0. The van der Waals surface area contributed by atoms with E-state index in [1.807, 2.05) is 6.07 Å². The quantitative estimate of drug-likeness (QED) is 0.622. The van der Waals surface area contributed by atoms with Crippen molar-refractivity contribution in [3.63, 3.8) is 0 Å². The van der Waals surface area contributed by atoms with Crippen molar-refractivity contribution in [3.05, 3.63) is 23.3 Å². The van der Waals surface area contributed by atoms with E-state index >= 15 is 0 Å². The standard InChI is InChI=1S/C10H12N2O2/c1-10(2,12)7-3-6(5-11)8(13)4-9(7)14/h3-4,13-14H,12H2,1-2H3. The van der Waals surface area contributed by atoms with Crippen molar-refractivity contribution < 1.29 is 10.2 Å². The summed E-state index contributed by atoms with van der Waals surface area (Å²) in [5.74, 6) is -0.341. The maximum Gasteiger partial charge on any atom is 0.137 e. The minimum absolute atomic E-state index is 0.103. The molecule has 74 valence electrons. The summed E-state index contributed by atoms with van der Waals surface area (Å²) < 4.78 is 0. The van der Waals surface area contributed by atoms with Gasteiger partial charge in [-0.05, 0) is 19.9 Å². The van der Waals surface area contributed by atoms with Gasteiger partial charge in [0, 0.05) is 17.2 Å². The third-order valence-corrected chi connectivity index (χ3v) is 1.93. The Kier molecular flexibility index (Phi) is 2.37. The Bertz CT molecular complexity index is 400. The molecule has 0 aliphatic rings. The molecule has 0 atom stereocenters. The first kappa shape index (κ1) is 10.4. The molecule has 0 saturated carbocycles. The number of benzene rings is 1. The smallest absolute Gasteiger partial charge is 0.137 e. The van der Waals surface area contributed by atoms with Crippen LogP contribution in [-0.2, 0) is 5.54 Å². The van der Waals surface area contributed by atoms with Gasteiger partial charge < -0.3 is 15.9 Å². The summed E-state index contributed by atoms with van der Waals surface area (Å²) in [5.41, 5.74) is 5.58. The molecule has 0 spiro atoms. The Balaban J connectivity index is 3.41. The van der Waals surface area contributed by atoms with E-state index in [9.17, 15) is 10.2 Å². The molecule has 1 aromatic rings. The summed E-state index contributed by atoms with van der Waals surface area (Å²) in [6.07, 6.45) is 0. The second-order valence-electron chi connectivity index (χ2n) is 3.72. The first-order valence-corrected chi connectivity index (χ1v) is 4.11. The van der Waals surface area contributed by atoms with Crippen molar-refractivity contribution in [1.29, 1.82) is 5.26 Å². The van der Waals surface area contributed by atoms with Crippen LogP contribution in [0.2, 0.25) is 0 Å². The highest BCUT2D eigenvalue weighted by atomic mass is 16.3. The van der Waals surface area contributed by atoms with Gasteiger partial charge in [0.2, 0.25) is 0 Å². The number of rotatable bonds is 1. The molecule has 0 aliphatic heterocycles. The van der Waals surface area contributed by atoms with Crippen molar-refractivity contribution in [2.45, 2.75) is 19.4 Å². The van der Waals surface area contributed by atoms with Gasteiger partial charge in [0.15, 0.2) is 0 Å². The number of phenolic OH excluding ortho intramolecular Hbond substituents is 2. The summed E-state index contributed by atoms with van der Waals surface area (Å²) in [6, 6.07) is 4.34. The SMILES string of the molecule is CC(C)(N)c1cc(C#N)c(O)cc1O. The van der Waals surface area contributed by atoms with Gasteiger partial charge in [-0.15, -0.1) is 0 Å². The molecule has 0 bridgehead atoms. The van der Waals surface area contributed by atoms with Gasteiger partial charge in [-0.25, -0.2) is 0 Å². The lowest BCUT2D eigenvalue weighted by molar-refractivity contribution is 0.426. The lowest BCUT2D eigenvalue weighted by atomic mass is 9.93. The second-order valence-corrected chi connectivity index (χ2v) is 3.72. The Morgan fingerprint density at radius 3 is 2.29 bits per heavy atom. The third kappa shape index (κ3) is 1.78. The predicted octanol–water partition coefficient (Wildman–Crippen LogP) is 1.16. The van der Waals surface area contributed by atoms with Gasteiger partial charge in [0.25, 0.3) is 0 Å². The Morgan fingerprint density at radius 1 is 1.29 bits per heavy atom. The van der Waals surface area contributed by atoms with Crippen molar-refractivity contribution in [2.24, 2.45) is 5.73 Å². The van der Waals surface area contributed by atoms with Gasteiger partial charge in [-0.3, -0.25) is 0 Å². The van der Waals surface area contributed by atoms with E-state index in [-0.39, 0.29) is 17.1 Å². The van der Waals surface area contributed by atoms with Crippen LogP contribution < -0.4 is 5.73 Å². The number of aromatic hydroxyl groups is 2. The molecule has 4 heteroatoms. The van der Waals surface area contributed by atoms with Crippen molar-refractivity contribution in [2.75, 3.05) is 0 Å². The van der Waals surface area contributed by atoms with Gasteiger partial charge in [0.1, 0.15) is 17.6 Å². The molecule has 0 aromatic heterocycles. The van der Waals surface area contributed by atoms with Crippen molar-refractivity contribution in [3.8, 4) is 17.6 Å². The molecule has 0 amide bonds. The number of hydrogen-bond donors (Lipinski definition) is 3. The van der Waals surface area contributed by atoms with E-state index in [1.165, 1.54) is 6.07 Å².